The highest BCUT2D eigenvalue weighted by atomic mass is 32.1. The fraction of sp³-hybridized carbons (Fsp3) is 0.0476. The second-order valence-corrected chi connectivity index (χ2v) is 7.04. The van der Waals surface area contributed by atoms with Crippen molar-refractivity contribution in [1.29, 1.82) is 0 Å². The van der Waals surface area contributed by atoms with E-state index in [1.54, 1.807) is 23.5 Å². The van der Waals surface area contributed by atoms with Crippen LogP contribution in [0.3, 0.4) is 0 Å². The summed E-state index contributed by atoms with van der Waals surface area (Å²) in [5.74, 6) is 0.227. The van der Waals surface area contributed by atoms with E-state index in [9.17, 15) is 5.11 Å². The van der Waals surface area contributed by atoms with Gasteiger partial charge in [-0.1, -0.05) is 48.5 Å². The molecule has 126 valence electrons. The third-order valence-corrected chi connectivity index (χ3v) is 5.35. The van der Waals surface area contributed by atoms with E-state index < -0.39 is 0 Å². The van der Waals surface area contributed by atoms with Gasteiger partial charge in [0, 0.05) is 5.56 Å². The number of aromatic nitrogens is 1. The minimum Gasteiger partial charge on any atom is -0.508 e. The Balaban J connectivity index is 1.69. The van der Waals surface area contributed by atoms with Crippen LogP contribution in [0.4, 0.5) is 0 Å². The number of aliphatic imine (C=N–C) groups is 1. The Hall–Kier alpha value is -2.85. The topological polar surface area (TPSA) is 45.5 Å². The van der Waals surface area contributed by atoms with Crippen LogP contribution in [0.1, 0.15) is 17.2 Å². The van der Waals surface area contributed by atoms with E-state index in [0.29, 0.717) is 0 Å². The van der Waals surface area contributed by atoms with Crippen molar-refractivity contribution in [3.63, 3.8) is 0 Å². The number of isothiocyanates is 1. The third-order valence-electron chi connectivity index (χ3n) is 4.16. The molecule has 5 heteroatoms. The average molecular weight is 374 g/mol. The number of phenolic OH excluding ortho intramolecular Hbond substituents is 1. The minimum absolute atomic E-state index is 0.227. The van der Waals surface area contributed by atoms with Crippen LogP contribution in [0.2, 0.25) is 0 Å². The van der Waals surface area contributed by atoms with Crippen molar-refractivity contribution < 1.29 is 5.11 Å². The molecule has 0 amide bonds. The summed E-state index contributed by atoms with van der Waals surface area (Å²) in [5, 5.41) is 13.0. The fourth-order valence-corrected chi connectivity index (χ4v) is 3.93. The zero-order valence-corrected chi connectivity index (χ0v) is 15.3. The molecule has 0 saturated carbocycles. The van der Waals surface area contributed by atoms with Crippen LogP contribution in [0.5, 0.6) is 5.75 Å². The molecule has 1 N–H and O–H groups in total. The zero-order chi connectivity index (χ0) is 17.9. The normalized spacial score (nSPS) is 11.8. The third kappa shape index (κ3) is 3.28. The molecule has 0 spiro atoms. The maximum atomic E-state index is 9.49. The van der Waals surface area contributed by atoms with Crippen molar-refractivity contribution in [3.8, 4) is 16.3 Å². The molecule has 0 radical (unpaired) electrons. The van der Waals surface area contributed by atoms with Crippen LogP contribution in [-0.4, -0.2) is 15.3 Å². The minimum atomic E-state index is -0.238. The number of phenols is 1. The predicted octanol–water partition coefficient (Wildman–Crippen LogP) is 5.86. The van der Waals surface area contributed by atoms with Gasteiger partial charge in [0.2, 0.25) is 0 Å². The second kappa shape index (κ2) is 7.18. The molecule has 0 bridgehead atoms. The van der Waals surface area contributed by atoms with Crippen LogP contribution >= 0.6 is 23.6 Å². The molecule has 3 nitrogen and oxygen atoms in total. The lowest BCUT2D eigenvalue weighted by atomic mass is 9.98. The van der Waals surface area contributed by atoms with E-state index in [1.807, 2.05) is 42.5 Å². The highest BCUT2D eigenvalue weighted by Crippen LogP contribution is 2.32. The number of aromatic hydroxyl groups is 1. The van der Waals surface area contributed by atoms with Gasteiger partial charge in [0.25, 0.3) is 0 Å². The number of para-hydroxylation sites is 1. The standard InChI is InChI=1S/C21H14N2OS2/c24-17-11-9-15(10-12-17)20(22-13-25)14-5-7-16(8-6-14)21-23-18-3-1-2-4-19(18)26-21/h1-12,20,24H. The van der Waals surface area contributed by atoms with Gasteiger partial charge in [-0.25, -0.2) is 9.98 Å². The molecule has 4 rings (SSSR count). The van der Waals surface area contributed by atoms with Crippen molar-refractivity contribution in [3.05, 3.63) is 83.9 Å². The van der Waals surface area contributed by atoms with Crippen molar-refractivity contribution >= 4 is 38.9 Å². The lowest BCUT2D eigenvalue weighted by Crippen LogP contribution is -1.97. The van der Waals surface area contributed by atoms with Crippen LogP contribution in [0, 0.1) is 0 Å². The van der Waals surface area contributed by atoms with Crippen LogP contribution < -0.4 is 0 Å². The van der Waals surface area contributed by atoms with Gasteiger partial charge in [-0.05, 0) is 47.6 Å². The maximum absolute atomic E-state index is 9.49. The summed E-state index contributed by atoms with van der Waals surface area (Å²) >= 11 is 6.50. The monoisotopic (exact) mass is 374 g/mol. The van der Waals surface area contributed by atoms with Gasteiger partial charge in [0.15, 0.2) is 0 Å². The van der Waals surface area contributed by atoms with Gasteiger partial charge in [-0.15, -0.1) is 11.3 Å². The Labute approximate surface area is 160 Å². The highest BCUT2D eigenvalue weighted by molar-refractivity contribution is 7.78. The molecule has 0 aliphatic rings. The molecule has 1 atom stereocenters. The van der Waals surface area contributed by atoms with Crippen molar-refractivity contribution in [1.82, 2.24) is 4.98 Å². The summed E-state index contributed by atoms with van der Waals surface area (Å²) < 4.78 is 1.18. The fourth-order valence-electron chi connectivity index (χ4n) is 2.85. The van der Waals surface area contributed by atoms with E-state index in [0.717, 1.165) is 27.2 Å². The number of fused-ring (bicyclic) bond motifs is 1. The molecule has 26 heavy (non-hydrogen) atoms. The Morgan fingerprint density at radius 3 is 2.23 bits per heavy atom. The number of thiazole rings is 1. The Morgan fingerprint density at radius 1 is 0.923 bits per heavy atom. The second-order valence-electron chi connectivity index (χ2n) is 5.82. The first-order valence-corrected chi connectivity index (χ1v) is 9.29. The van der Waals surface area contributed by atoms with E-state index >= 15 is 0 Å². The van der Waals surface area contributed by atoms with Gasteiger partial charge in [0.1, 0.15) is 16.8 Å². The molecule has 4 aromatic rings. The summed E-state index contributed by atoms with van der Waals surface area (Å²) in [5.41, 5.74) is 4.06. The van der Waals surface area contributed by atoms with Crippen molar-refractivity contribution in [2.45, 2.75) is 6.04 Å². The van der Waals surface area contributed by atoms with Gasteiger partial charge in [0.05, 0.1) is 15.4 Å². The Kier molecular flexibility index (Phi) is 4.59. The molecule has 1 unspecified atom stereocenters. The molecule has 0 aliphatic carbocycles. The summed E-state index contributed by atoms with van der Waals surface area (Å²) in [6, 6.07) is 23.1. The van der Waals surface area contributed by atoms with Gasteiger partial charge in [-0.2, -0.15) is 0 Å². The lowest BCUT2D eigenvalue weighted by molar-refractivity contribution is 0.475. The van der Waals surface area contributed by atoms with Crippen molar-refractivity contribution in [2.75, 3.05) is 0 Å². The molecule has 1 heterocycles. The number of rotatable bonds is 4. The van der Waals surface area contributed by atoms with Crippen LogP contribution in [-0.2, 0) is 0 Å². The zero-order valence-electron chi connectivity index (χ0n) is 13.7. The first-order valence-electron chi connectivity index (χ1n) is 8.06. The van der Waals surface area contributed by atoms with Crippen molar-refractivity contribution in [2.24, 2.45) is 4.99 Å². The summed E-state index contributed by atoms with van der Waals surface area (Å²) in [6.07, 6.45) is 0. The van der Waals surface area contributed by atoms with E-state index in [2.05, 4.69) is 28.4 Å². The number of nitrogens with zero attached hydrogens (tertiary/aromatic N) is 2. The van der Waals surface area contributed by atoms with E-state index in [1.165, 1.54) is 4.70 Å². The van der Waals surface area contributed by atoms with E-state index in [4.69, 9.17) is 17.2 Å². The molecule has 0 saturated heterocycles. The SMILES string of the molecule is Oc1ccc(C(N=C=S)c2ccc(-c3nc4ccccc4s3)cc2)cc1. The molecule has 1 aromatic heterocycles. The quantitative estimate of drug-likeness (QED) is 0.359. The predicted molar refractivity (Wildman–Crippen MR) is 110 cm³/mol. The maximum Gasteiger partial charge on any atom is 0.124 e. The Morgan fingerprint density at radius 2 is 1.58 bits per heavy atom. The van der Waals surface area contributed by atoms with Crippen LogP contribution in [0.15, 0.2) is 77.8 Å². The Bertz CT molecular complexity index is 1060. The molecular formula is C21H14N2OS2. The number of hydrogen-bond acceptors (Lipinski definition) is 5. The molecule has 0 aliphatic heterocycles. The molecular weight excluding hydrogens is 360 g/mol. The van der Waals surface area contributed by atoms with Gasteiger partial charge < -0.3 is 5.11 Å². The largest absolute Gasteiger partial charge is 0.508 e. The molecule has 0 fully saturated rings. The summed E-state index contributed by atoms with van der Waals surface area (Å²) in [7, 11) is 0. The van der Waals surface area contributed by atoms with Crippen LogP contribution in [0.25, 0.3) is 20.8 Å². The number of hydrogen-bond donors (Lipinski definition) is 1. The van der Waals surface area contributed by atoms with Gasteiger partial charge >= 0.3 is 0 Å². The molecule has 3 aromatic carbocycles. The number of benzene rings is 3. The summed E-state index contributed by atoms with van der Waals surface area (Å²) in [6.45, 7) is 0. The van der Waals surface area contributed by atoms with Gasteiger partial charge in [-0.3, -0.25) is 0 Å². The smallest absolute Gasteiger partial charge is 0.124 e. The van der Waals surface area contributed by atoms with E-state index in [-0.39, 0.29) is 11.8 Å². The lowest BCUT2D eigenvalue weighted by Gasteiger charge is -2.12. The average Bonchev–Trinajstić information content (AvgIpc) is 3.11. The first kappa shape index (κ1) is 16.6. The number of thiocarbonyl (C=S) groups is 1. The first-order chi connectivity index (χ1) is 12.7. The highest BCUT2D eigenvalue weighted by Gasteiger charge is 2.14. The summed E-state index contributed by atoms with van der Waals surface area (Å²) in [4.78, 5) is 9.00.